The number of carbonyl (C=O) groups is 1. The number of sulfone groups is 1. The summed E-state index contributed by atoms with van der Waals surface area (Å²) in [5.74, 6) is -0.297. The van der Waals surface area contributed by atoms with E-state index in [0.29, 0.717) is 22.1 Å². The van der Waals surface area contributed by atoms with E-state index in [1.54, 1.807) is 18.2 Å². The van der Waals surface area contributed by atoms with Crippen LogP contribution < -0.4 is 5.73 Å². The van der Waals surface area contributed by atoms with E-state index >= 15 is 0 Å². The Morgan fingerprint density at radius 2 is 2.14 bits per heavy atom. The molecule has 0 aliphatic carbocycles. The minimum atomic E-state index is -3.10. The van der Waals surface area contributed by atoms with E-state index < -0.39 is 15.9 Å². The third-order valence-electron chi connectivity index (χ3n) is 3.42. The second-order valence-corrected chi connectivity index (χ2v) is 8.20. The SMILES string of the molecule is Nc1cc(Br)cc(C(=O)N(CCO)C2CCS(=O)(=O)C2)c1. The van der Waals surface area contributed by atoms with Crippen LogP contribution in [0.4, 0.5) is 5.69 Å². The number of rotatable bonds is 4. The van der Waals surface area contributed by atoms with Gasteiger partial charge in [0.2, 0.25) is 0 Å². The smallest absolute Gasteiger partial charge is 0.254 e. The molecule has 0 aromatic heterocycles. The Labute approximate surface area is 132 Å². The van der Waals surface area contributed by atoms with Crippen LogP contribution >= 0.6 is 15.9 Å². The zero-order chi connectivity index (χ0) is 15.6. The molecule has 0 radical (unpaired) electrons. The van der Waals surface area contributed by atoms with Gasteiger partial charge in [-0.05, 0) is 24.6 Å². The monoisotopic (exact) mass is 376 g/mol. The number of aliphatic hydroxyl groups excluding tert-OH is 1. The molecule has 1 fully saturated rings. The highest BCUT2D eigenvalue weighted by atomic mass is 79.9. The lowest BCUT2D eigenvalue weighted by Crippen LogP contribution is -2.42. The summed E-state index contributed by atoms with van der Waals surface area (Å²) in [5, 5.41) is 9.15. The van der Waals surface area contributed by atoms with Gasteiger partial charge < -0.3 is 15.7 Å². The molecule has 3 N–H and O–H groups in total. The summed E-state index contributed by atoms with van der Waals surface area (Å²) in [6.07, 6.45) is 0.400. The average Bonchev–Trinajstić information content (AvgIpc) is 2.74. The Hall–Kier alpha value is -1.12. The number of anilines is 1. The van der Waals surface area contributed by atoms with Gasteiger partial charge in [-0.3, -0.25) is 4.79 Å². The third-order valence-corrected chi connectivity index (χ3v) is 5.63. The lowest BCUT2D eigenvalue weighted by Gasteiger charge is -2.27. The van der Waals surface area contributed by atoms with Crippen molar-refractivity contribution in [3.8, 4) is 0 Å². The van der Waals surface area contributed by atoms with Gasteiger partial charge in [-0.1, -0.05) is 15.9 Å². The molecule has 1 saturated heterocycles. The first-order chi connectivity index (χ1) is 9.82. The molecule has 1 aliphatic heterocycles. The Morgan fingerprint density at radius 1 is 1.43 bits per heavy atom. The van der Waals surface area contributed by atoms with Crippen LogP contribution in [-0.4, -0.2) is 55.0 Å². The number of hydrogen-bond donors (Lipinski definition) is 2. The molecule has 1 aromatic carbocycles. The van der Waals surface area contributed by atoms with Gasteiger partial charge in [0.25, 0.3) is 5.91 Å². The van der Waals surface area contributed by atoms with Gasteiger partial charge in [-0.2, -0.15) is 0 Å². The molecule has 0 spiro atoms. The van der Waals surface area contributed by atoms with Crippen molar-refractivity contribution in [2.45, 2.75) is 12.5 Å². The molecule has 21 heavy (non-hydrogen) atoms. The first-order valence-corrected chi connectivity index (χ1v) is 9.12. The number of hydrogen-bond acceptors (Lipinski definition) is 5. The van der Waals surface area contributed by atoms with Gasteiger partial charge in [-0.25, -0.2) is 8.42 Å². The van der Waals surface area contributed by atoms with E-state index in [4.69, 9.17) is 10.8 Å². The van der Waals surface area contributed by atoms with Crippen molar-refractivity contribution in [2.24, 2.45) is 0 Å². The normalized spacial score (nSPS) is 20.4. The zero-order valence-electron chi connectivity index (χ0n) is 11.3. The first kappa shape index (κ1) is 16.3. The molecular formula is C13H17BrN2O4S. The van der Waals surface area contributed by atoms with Crippen molar-refractivity contribution in [1.82, 2.24) is 4.90 Å². The molecule has 1 amide bonds. The Balaban J connectivity index is 2.27. The maximum Gasteiger partial charge on any atom is 0.254 e. The largest absolute Gasteiger partial charge is 0.399 e. The maximum absolute atomic E-state index is 12.6. The highest BCUT2D eigenvalue weighted by Gasteiger charge is 2.34. The number of carbonyl (C=O) groups excluding carboxylic acids is 1. The van der Waals surface area contributed by atoms with E-state index in [-0.39, 0.29) is 30.6 Å². The van der Waals surface area contributed by atoms with Crippen LogP contribution in [0, 0.1) is 0 Å². The molecule has 116 valence electrons. The second-order valence-electron chi connectivity index (χ2n) is 5.05. The maximum atomic E-state index is 12.6. The molecule has 1 heterocycles. The number of aliphatic hydroxyl groups is 1. The average molecular weight is 377 g/mol. The third kappa shape index (κ3) is 3.96. The highest BCUT2D eigenvalue weighted by molar-refractivity contribution is 9.10. The van der Waals surface area contributed by atoms with Crippen molar-refractivity contribution in [3.05, 3.63) is 28.2 Å². The molecule has 1 aromatic rings. The number of nitrogens with zero attached hydrogens (tertiary/aromatic N) is 1. The van der Waals surface area contributed by atoms with Gasteiger partial charge >= 0.3 is 0 Å². The molecule has 0 bridgehead atoms. The highest BCUT2D eigenvalue weighted by Crippen LogP contribution is 2.23. The molecule has 1 unspecified atom stereocenters. The lowest BCUT2D eigenvalue weighted by molar-refractivity contribution is 0.0655. The van der Waals surface area contributed by atoms with Gasteiger partial charge in [0, 0.05) is 28.3 Å². The van der Waals surface area contributed by atoms with Crippen LogP contribution in [0.3, 0.4) is 0 Å². The summed E-state index contributed by atoms with van der Waals surface area (Å²) < 4.78 is 23.9. The van der Waals surface area contributed by atoms with Crippen molar-refractivity contribution in [2.75, 3.05) is 30.4 Å². The number of amides is 1. The summed E-state index contributed by atoms with van der Waals surface area (Å²) in [5.41, 5.74) is 6.54. The summed E-state index contributed by atoms with van der Waals surface area (Å²) in [6, 6.07) is 4.45. The van der Waals surface area contributed by atoms with E-state index in [0.717, 1.165) is 0 Å². The molecule has 0 saturated carbocycles. The van der Waals surface area contributed by atoms with Crippen LogP contribution in [0.5, 0.6) is 0 Å². The second kappa shape index (κ2) is 6.33. The van der Waals surface area contributed by atoms with Crippen molar-refractivity contribution in [3.63, 3.8) is 0 Å². The summed E-state index contributed by atoms with van der Waals surface area (Å²) in [6.45, 7) is -0.114. The Kier molecular flexibility index (Phi) is 4.90. The van der Waals surface area contributed by atoms with Crippen LogP contribution in [0.2, 0.25) is 0 Å². The molecule has 1 atom stereocenters. The quantitative estimate of drug-likeness (QED) is 0.751. The van der Waals surface area contributed by atoms with Crippen LogP contribution in [0.15, 0.2) is 22.7 Å². The number of nitrogens with two attached hydrogens (primary N) is 1. The molecular weight excluding hydrogens is 360 g/mol. The Bertz CT molecular complexity index is 627. The lowest BCUT2D eigenvalue weighted by atomic mass is 10.1. The Morgan fingerprint density at radius 3 is 2.67 bits per heavy atom. The van der Waals surface area contributed by atoms with Gasteiger partial charge in [-0.15, -0.1) is 0 Å². The standard InChI is InChI=1S/C13H17BrN2O4S/c14-10-5-9(6-11(15)7-10)13(18)16(2-3-17)12-1-4-21(19,20)8-12/h5-7,12,17H,1-4,8,15H2. The van der Waals surface area contributed by atoms with Gasteiger partial charge in [0.1, 0.15) is 0 Å². The van der Waals surface area contributed by atoms with Crippen LogP contribution in [0.25, 0.3) is 0 Å². The molecule has 6 nitrogen and oxygen atoms in total. The van der Waals surface area contributed by atoms with Crippen molar-refractivity contribution >= 4 is 37.4 Å². The minimum absolute atomic E-state index is 0.0533. The minimum Gasteiger partial charge on any atom is -0.399 e. The fourth-order valence-electron chi connectivity index (χ4n) is 2.48. The summed E-state index contributed by atoms with van der Waals surface area (Å²) in [7, 11) is -3.10. The predicted molar refractivity (Wildman–Crippen MR) is 83.7 cm³/mol. The fraction of sp³-hybridized carbons (Fsp3) is 0.462. The van der Waals surface area contributed by atoms with Crippen molar-refractivity contribution in [1.29, 1.82) is 0 Å². The van der Waals surface area contributed by atoms with E-state index in [1.165, 1.54) is 4.90 Å². The molecule has 8 heteroatoms. The van der Waals surface area contributed by atoms with Gasteiger partial charge in [0.05, 0.1) is 18.1 Å². The number of nitrogen functional groups attached to an aromatic ring is 1. The number of benzene rings is 1. The summed E-state index contributed by atoms with van der Waals surface area (Å²) >= 11 is 3.27. The van der Waals surface area contributed by atoms with Crippen LogP contribution in [0.1, 0.15) is 16.8 Å². The van der Waals surface area contributed by atoms with Crippen molar-refractivity contribution < 1.29 is 18.3 Å². The first-order valence-electron chi connectivity index (χ1n) is 6.51. The van der Waals surface area contributed by atoms with E-state index in [9.17, 15) is 13.2 Å². The molecule has 1 aliphatic rings. The zero-order valence-corrected chi connectivity index (χ0v) is 13.7. The van der Waals surface area contributed by atoms with E-state index in [1.807, 2.05) is 0 Å². The predicted octanol–water partition coefficient (Wildman–Crippen LogP) is 0.653. The summed E-state index contributed by atoms with van der Waals surface area (Å²) in [4.78, 5) is 14.0. The molecule has 2 rings (SSSR count). The van der Waals surface area contributed by atoms with Crippen LogP contribution in [-0.2, 0) is 9.84 Å². The fourth-order valence-corrected chi connectivity index (χ4v) is 4.72. The van der Waals surface area contributed by atoms with Gasteiger partial charge in [0.15, 0.2) is 9.84 Å². The topological polar surface area (TPSA) is 101 Å². The number of halogens is 1. The van der Waals surface area contributed by atoms with E-state index in [2.05, 4.69) is 15.9 Å².